The van der Waals surface area contributed by atoms with Crippen molar-refractivity contribution in [3.63, 3.8) is 0 Å². The van der Waals surface area contributed by atoms with E-state index in [0.29, 0.717) is 33.3 Å². The maximum Gasteiger partial charge on any atom is 0.195 e. The van der Waals surface area contributed by atoms with Crippen molar-refractivity contribution in [2.75, 3.05) is 9.80 Å². The Balaban J connectivity index is 1.07. The number of hydrogen-bond donors (Lipinski definition) is 0. The van der Waals surface area contributed by atoms with Crippen LogP contribution >= 0.6 is 11.7 Å². The fraction of sp³-hybridized carbons (Fsp3) is 0. The Labute approximate surface area is 299 Å². The summed E-state index contributed by atoms with van der Waals surface area (Å²) in [6.45, 7) is 0. The zero-order valence-electron chi connectivity index (χ0n) is 27.3. The van der Waals surface area contributed by atoms with Gasteiger partial charge in [0.2, 0.25) is 0 Å². The van der Waals surface area contributed by atoms with E-state index in [9.17, 15) is 9.59 Å². The van der Waals surface area contributed by atoms with Crippen LogP contribution in [0, 0.1) is 0 Å². The number of para-hydroxylation sites is 4. The van der Waals surface area contributed by atoms with E-state index in [2.05, 4.69) is 67.1 Å². The van der Waals surface area contributed by atoms with Crippen LogP contribution in [-0.4, -0.2) is 20.3 Å². The lowest BCUT2D eigenvalue weighted by Crippen LogP contribution is -2.11. The van der Waals surface area contributed by atoms with E-state index >= 15 is 0 Å². The predicted molar refractivity (Wildman–Crippen MR) is 207 cm³/mol. The molecule has 244 valence electrons. The number of benzene rings is 7. The molecule has 8 aromatic rings. The zero-order chi connectivity index (χ0) is 34.6. The third kappa shape index (κ3) is 6.30. The molecular weight excluding hydrogens is 649 g/mol. The fourth-order valence-electron chi connectivity index (χ4n) is 6.27. The lowest BCUT2D eigenvalue weighted by Gasteiger charge is -2.25. The average molecular weight is 679 g/mol. The van der Waals surface area contributed by atoms with Gasteiger partial charge in [0.1, 0.15) is 11.0 Å². The van der Waals surface area contributed by atoms with Gasteiger partial charge in [-0.25, -0.2) is 0 Å². The van der Waals surface area contributed by atoms with Gasteiger partial charge in [-0.15, -0.1) is 0 Å². The van der Waals surface area contributed by atoms with E-state index in [1.165, 1.54) is 0 Å². The van der Waals surface area contributed by atoms with Gasteiger partial charge in [0, 0.05) is 45.3 Å². The van der Waals surface area contributed by atoms with E-state index in [0.717, 1.165) is 45.9 Å². The first-order valence-corrected chi connectivity index (χ1v) is 17.2. The molecule has 0 fully saturated rings. The molecule has 0 N–H and O–H groups in total. The van der Waals surface area contributed by atoms with Crippen LogP contribution in [0.2, 0.25) is 0 Å². The monoisotopic (exact) mass is 678 g/mol. The van der Waals surface area contributed by atoms with Crippen LogP contribution in [0.15, 0.2) is 182 Å². The second kappa shape index (κ2) is 14.0. The molecule has 1 aromatic heterocycles. The molecule has 8 rings (SSSR count). The first kappa shape index (κ1) is 31.6. The quantitative estimate of drug-likeness (QED) is 0.134. The summed E-state index contributed by atoms with van der Waals surface area (Å²) >= 11 is 0.992. The van der Waals surface area contributed by atoms with Crippen LogP contribution in [0.25, 0.3) is 11.0 Å². The highest BCUT2D eigenvalue weighted by Gasteiger charge is 2.22. The van der Waals surface area contributed by atoms with Crippen LogP contribution in [0.4, 0.5) is 34.1 Å². The lowest BCUT2D eigenvalue weighted by atomic mass is 9.96. The molecule has 7 aromatic carbocycles. The van der Waals surface area contributed by atoms with Crippen molar-refractivity contribution in [3.05, 3.63) is 204 Å². The summed E-state index contributed by atoms with van der Waals surface area (Å²) in [5.41, 5.74) is 8.59. The molecule has 0 atom stereocenters. The molecule has 0 saturated heterocycles. The summed E-state index contributed by atoms with van der Waals surface area (Å²) in [6.07, 6.45) is 0. The van der Waals surface area contributed by atoms with Crippen molar-refractivity contribution >= 4 is 68.5 Å². The van der Waals surface area contributed by atoms with E-state index in [4.69, 9.17) is 0 Å². The van der Waals surface area contributed by atoms with Gasteiger partial charge in [-0.1, -0.05) is 72.8 Å². The van der Waals surface area contributed by atoms with Crippen molar-refractivity contribution in [2.45, 2.75) is 0 Å². The maximum absolute atomic E-state index is 13.9. The van der Waals surface area contributed by atoms with Gasteiger partial charge >= 0.3 is 0 Å². The minimum atomic E-state index is -0.185. The van der Waals surface area contributed by atoms with Crippen LogP contribution < -0.4 is 9.80 Å². The normalized spacial score (nSPS) is 10.9. The van der Waals surface area contributed by atoms with Crippen molar-refractivity contribution in [1.82, 2.24) is 8.75 Å². The number of rotatable bonds is 10. The van der Waals surface area contributed by atoms with E-state index in [1.807, 2.05) is 121 Å². The molecule has 7 heteroatoms. The number of fused-ring (bicyclic) bond motifs is 1. The van der Waals surface area contributed by atoms with Crippen LogP contribution in [0.5, 0.6) is 0 Å². The second-order valence-electron chi connectivity index (χ2n) is 11.9. The number of aromatic nitrogens is 2. The van der Waals surface area contributed by atoms with E-state index < -0.39 is 0 Å². The highest BCUT2D eigenvalue weighted by atomic mass is 32.1. The first-order valence-electron chi connectivity index (χ1n) is 16.5. The number of nitrogens with zero attached hydrogens (tertiary/aromatic N) is 4. The number of hydrogen-bond acceptors (Lipinski definition) is 7. The molecule has 1 heterocycles. The molecule has 0 aliphatic carbocycles. The van der Waals surface area contributed by atoms with Crippen molar-refractivity contribution in [3.8, 4) is 0 Å². The number of anilines is 6. The summed E-state index contributed by atoms with van der Waals surface area (Å²) < 4.78 is 8.95. The Morgan fingerprint density at radius 1 is 0.353 bits per heavy atom. The Bertz CT molecular complexity index is 2180. The van der Waals surface area contributed by atoms with Gasteiger partial charge in [-0.05, 0) is 109 Å². The number of carbonyl (C=O) groups excluding carboxylic acids is 2. The molecule has 0 aliphatic heterocycles. The van der Waals surface area contributed by atoms with Gasteiger partial charge in [-0.3, -0.25) is 9.59 Å². The summed E-state index contributed by atoms with van der Waals surface area (Å²) in [5, 5.41) is 0. The Hall–Kier alpha value is -6.70. The minimum absolute atomic E-state index is 0.185. The SMILES string of the molecule is O=C(c1ccc(N(c2ccccc2)c2ccccc2)cc1)c1ccc(C(=O)c2ccc(N(c3ccccc3)c3ccccc3)cc2)c2nsnc12. The summed E-state index contributed by atoms with van der Waals surface area (Å²) in [7, 11) is 0. The molecule has 0 spiro atoms. The van der Waals surface area contributed by atoms with Gasteiger partial charge in [-0.2, -0.15) is 8.75 Å². The van der Waals surface area contributed by atoms with Crippen LogP contribution in [-0.2, 0) is 0 Å². The minimum Gasteiger partial charge on any atom is -0.311 e. The molecule has 51 heavy (non-hydrogen) atoms. The molecular formula is C44H30N4O2S. The highest BCUT2D eigenvalue weighted by Crippen LogP contribution is 2.36. The molecule has 0 aliphatic rings. The highest BCUT2D eigenvalue weighted by molar-refractivity contribution is 7.00. The van der Waals surface area contributed by atoms with Crippen molar-refractivity contribution < 1.29 is 9.59 Å². The molecule has 0 bridgehead atoms. The third-order valence-corrected chi connectivity index (χ3v) is 9.27. The molecule has 6 nitrogen and oxygen atoms in total. The van der Waals surface area contributed by atoms with E-state index in [-0.39, 0.29) is 11.6 Å². The molecule has 0 unspecified atom stereocenters. The second-order valence-corrected chi connectivity index (χ2v) is 12.4. The standard InChI is InChI=1S/C44H30N4O2S/c49-43(31-21-25-37(26-22-31)47(33-13-5-1-6-14-33)34-15-7-2-8-16-34)39-29-30-40(42-41(39)45-51-46-42)44(50)32-23-27-38(28-24-32)48(35-17-9-3-10-18-35)36-19-11-4-12-20-36/h1-30H. The summed E-state index contributed by atoms with van der Waals surface area (Å²) in [5.74, 6) is -0.369. The largest absolute Gasteiger partial charge is 0.311 e. The summed E-state index contributed by atoms with van der Waals surface area (Å²) in [6, 6.07) is 58.9. The Morgan fingerprint density at radius 2 is 0.627 bits per heavy atom. The third-order valence-electron chi connectivity index (χ3n) is 8.74. The number of ketones is 2. The van der Waals surface area contributed by atoms with Gasteiger partial charge in [0.05, 0.1) is 22.9 Å². The predicted octanol–water partition coefficient (Wildman–Crippen LogP) is 11.1. The Morgan fingerprint density at radius 3 is 0.922 bits per heavy atom. The van der Waals surface area contributed by atoms with Gasteiger partial charge in [0.25, 0.3) is 0 Å². The summed E-state index contributed by atoms with van der Waals surface area (Å²) in [4.78, 5) is 32.1. The van der Waals surface area contributed by atoms with Gasteiger partial charge < -0.3 is 9.80 Å². The fourth-order valence-corrected chi connectivity index (χ4v) is 6.84. The van der Waals surface area contributed by atoms with Crippen LogP contribution in [0.1, 0.15) is 31.8 Å². The average Bonchev–Trinajstić information content (AvgIpc) is 3.70. The number of carbonyl (C=O) groups is 2. The van der Waals surface area contributed by atoms with Crippen LogP contribution in [0.3, 0.4) is 0 Å². The zero-order valence-corrected chi connectivity index (χ0v) is 28.2. The molecule has 0 radical (unpaired) electrons. The topological polar surface area (TPSA) is 66.4 Å². The smallest absolute Gasteiger partial charge is 0.195 e. The van der Waals surface area contributed by atoms with Gasteiger partial charge in [0.15, 0.2) is 11.6 Å². The van der Waals surface area contributed by atoms with Crippen molar-refractivity contribution in [2.24, 2.45) is 0 Å². The first-order chi connectivity index (χ1) is 25.2. The maximum atomic E-state index is 13.9. The van der Waals surface area contributed by atoms with E-state index in [1.54, 1.807) is 12.1 Å². The molecule has 0 saturated carbocycles. The molecule has 0 amide bonds. The van der Waals surface area contributed by atoms with Crippen molar-refractivity contribution in [1.29, 1.82) is 0 Å². The lowest BCUT2D eigenvalue weighted by molar-refractivity contribution is 0.102. The Kier molecular flexibility index (Phi) is 8.68.